The molecule has 2 nitrogen and oxygen atoms in total. The first-order valence-corrected chi connectivity index (χ1v) is 7.51. The van der Waals surface area contributed by atoms with Crippen molar-refractivity contribution < 1.29 is 0 Å². The number of hydrogen-bond acceptors (Lipinski definition) is 2. The second-order valence-corrected chi connectivity index (χ2v) is 5.48. The first-order valence-electron chi connectivity index (χ1n) is 6.52. The summed E-state index contributed by atoms with van der Waals surface area (Å²) in [6.07, 6.45) is 1.20. The van der Waals surface area contributed by atoms with Gasteiger partial charge in [-0.3, -0.25) is 0 Å². The van der Waals surface area contributed by atoms with E-state index in [1.165, 1.54) is 12.1 Å². The summed E-state index contributed by atoms with van der Waals surface area (Å²) in [6, 6.07) is 20.7. The van der Waals surface area contributed by atoms with Gasteiger partial charge in [0.15, 0.2) is 5.17 Å². The molecule has 0 aliphatic carbocycles. The summed E-state index contributed by atoms with van der Waals surface area (Å²) >= 11 is 1.84. The van der Waals surface area contributed by atoms with Gasteiger partial charge in [0.2, 0.25) is 0 Å². The molecular formula is C16H16N2S. The van der Waals surface area contributed by atoms with E-state index < -0.39 is 0 Å². The first-order chi connectivity index (χ1) is 9.43. The highest BCUT2D eigenvalue weighted by Crippen LogP contribution is 2.26. The largest absolute Gasteiger partial charge is 0.321 e. The number of para-hydroxylation sites is 2. The minimum absolute atomic E-state index is 1.02. The molecule has 0 unspecified atom stereocenters. The number of amidine groups is 1. The molecule has 1 aliphatic heterocycles. The van der Waals surface area contributed by atoms with Gasteiger partial charge in [-0.25, -0.2) is 4.99 Å². The molecule has 2 aromatic carbocycles. The van der Waals surface area contributed by atoms with Crippen LogP contribution in [0, 0.1) is 0 Å². The topological polar surface area (TPSA) is 15.6 Å². The first kappa shape index (κ1) is 12.3. The normalized spacial score (nSPS) is 17.7. The Morgan fingerprint density at radius 1 is 0.895 bits per heavy atom. The van der Waals surface area contributed by atoms with Crippen molar-refractivity contribution in [1.29, 1.82) is 0 Å². The number of hydrogen-bond donors (Lipinski definition) is 0. The quantitative estimate of drug-likeness (QED) is 0.806. The molecule has 0 atom stereocenters. The third-order valence-corrected chi connectivity index (χ3v) is 4.10. The molecular weight excluding hydrogens is 252 g/mol. The smallest absolute Gasteiger partial charge is 0.168 e. The maximum absolute atomic E-state index is 4.78. The highest BCUT2D eigenvalue weighted by Gasteiger charge is 2.18. The zero-order valence-electron chi connectivity index (χ0n) is 10.7. The summed E-state index contributed by atoms with van der Waals surface area (Å²) in [4.78, 5) is 7.09. The maximum Gasteiger partial charge on any atom is 0.168 e. The Morgan fingerprint density at radius 2 is 1.58 bits per heavy atom. The van der Waals surface area contributed by atoms with Crippen molar-refractivity contribution in [3.8, 4) is 0 Å². The van der Waals surface area contributed by atoms with Gasteiger partial charge in [-0.05, 0) is 30.7 Å². The van der Waals surface area contributed by atoms with Crippen molar-refractivity contribution in [3.05, 3.63) is 60.7 Å². The van der Waals surface area contributed by atoms with E-state index in [9.17, 15) is 0 Å². The van der Waals surface area contributed by atoms with Crippen LogP contribution in [0.3, 0.4) is 0 Å². The molecule has 3 heteroatoms. The van der Waals surface area contributed by atoms with Crippen molar-refractivity contribution >= 4 is 28.3 Å². The third-order valence-electron chi connectivity index (χ3n) is 3.04. The highest BCUT2D eigenvalue weighted by atomic mass is 32.2. The van der Waals surface area contributed by atoms with Crippen LogP contribution in [0.15, 0.2) is 65.7 Å². The van der Waals surface area contributed by atoms with Crippen LogP contribution in [0.4, 0.5) is 11.4 Å². The maximum atomic E-state index is 4.78. The van der Waals surface area contributed by atoms with E-state index >= 15 is 0 Å². The van der Waals surface area contributed by atoms with Crippen LogP contribution in [-0.4, -0.2) is 17.5 Å². The summed E-state index contributed by atoms with van der Waals surface area (Å²) in [5, 5.41) is 1.10. The number of aliphatic imine (C=N–C) groups is 1. The van der Waals surface area contributed by atoms with Gasteiger partial charge in [-0.15, -0.1) is 0 Å². The summed E-state index contributed by atoms with van der Waals surface area (Å²) in [5.41, 5.74) is 2.25. The van der Waals surface area contributed by atoms with E-state index in [1.54, 1.807) is 0 Å². The van der Waals surface area contributed by atoms with Gasteiger partial charge in [-0.1, -0.05) is 48.2 Å². The fourth-order valence-electron chi connectivity index (χ4n) is 2.11. The molecule has 0 N–H and O–H groups in total. The summed E-state index contributed by atoms with van der Waals surface area (Å²) < 4.78 is 0. The second-order valence-electron chi connectivity index (χ2n) is 4.42. The number of nitrogens with zero attached hydrogens (tertiary/aromatic N) is 2. The van der Waals surface area contributed by atoms with E-state index in [4.69, 9.17) is 4.99 Å². The minimum Gasteiger partial charge on any atom is -0.321 e. The Bertz CT molecular complexity index is 551. The average molecular weight is 268 g/mol. The molecule has 0 saturated carbocycles. The van der Waals surface area contributed by atoms with Crippen molar-refractivity contribution in [1.82, 2.24) is 0 Å². The lowest BCUT2D eigenvalue weighted by Gasteiger charge is -2.29. The fraction of sp³-hybridized carbons (Fsp3) is 0.188. The molecule has 19 heavy (non-hydrogen) atoms. The molecule has 0 bridgehead atoms. The molecule has 1 fully saturated rings. The summed E-state index contributed by atoms with van der Waals surface area (Å²) in [6.45, 7) is 1.04. The molecule has 0 amide bonds. The van der Waals surface area contributed by atoms with Gasteiger partial charge in [0, 0.05) is 18.0 Å². The Labute approximate surface area is 118 Å². The van der Waals surface area contributed by atoms with Crippen molar-refractivity contribution in [2.45, 2.75) is 6.42 Å². The van der Waals surface area contributed by atoms with Gasteiger partial charge in [-0.2, -0.15) is 0 Å². The number of anilines is 1. The van der Waals surface area contributed by atoms with Crippen molar-refractivity contribution in [2.24, 2.45) is 4.99 Å². The zero-order valence-corrected chi connectivity index (χ0v) is 11.5. The second kappa shape index (κ2) is 5.93. The molecule has 0 radical (unpaired) electrons. The molecule has 2 aromatic rings. The van der Waals surface area contributed by atoms with Crippen LogP contribution >= 0.6 is 11.8 Å². The SMILES string of the molecule is c1ccc(N=C2SCCCN2c2ccccc2)cc1. The molecule has 96 valence electrons. The van der Waals surface area contributed by atoms with Crippen LogP contribution in [-0.2, 0) is 0 Å². The molecule has 1 heterocycles. The van der Waals surface area contributed by atoms with Crippen LogP contribution in [0.1, 0.15) is 6.42 Å². The Kier molecular flexibility index (Phi) is 3.84. The van der Waals surface area contributed by atoms with Crippen LogP contribution in [0.2, 0.25) is 0 Å². The summed E-state index contributed by atoms with van der Waals surface area (Å²) in [5.74, 6) is 1.15. The van der Waals surface area contributed by atoms with Gasteiger partial charge in [0.05, 0.1) is 5.69 Å². The van der Waals surface area contributed by atoms with Crippen molar-refractivity contribution in [2.75, 3.05) is 17.2 Å². The van der Waals surface area contributed by atoms with Crippen LogP contribution in [0.5, 0.6) is 0 Å². The number of benzene rings is 2. The lowest BCUT2D eigenvalue weighted by molar-refractivity contribution is 0.906. The molecule has 0 spiro atoms. The number of rotatable bonds is 2. The van der Waals surface area contributed by atoms with Gasteiger partial charge in [0.1, 0.15) is 0 Å². The third kappa shape index (κ3) is 2.99. The van der Waals surface area contributed by atoms with E-state index in [0.29, 0.717) is 0 Å². The van der Waals surface area contributed by atoms with Gasteiger partial charge in [0.25, 0.3) is 0 Å². The van der Waals surface area contributed by atoms with E-state index in [2.05, 4.69) is 35.2 Å². The average Bonchev–Trinajstić information content (AvgIpc) is 2.50. The molecule has 3 rings (SSSR count). The monoisotopic (exact) mass is 268 g/mol. The predicted octanol–water partition coefficient (Wildman–Crippen LogP) is 4.32. The highest BCUT2D eigenvalue weighted by molar-refractivity contribution is 8.14. The zero-order chi connectivity index (χ0) is 12.9. The Hall–Kier alpha value is -1.74. The number of thioether (sulfide) groups is 1. The van der Waals surface area contributed by atoms with E-state index in [0.717, 1.165) is 23.2 Å². The summed E-state index contributed by atoms with van der Waals surface area (Å²) in [7, 11) is 0. The van der Waals surface area contributed by atoms with Gasteiger partial charge < -0.3 is 4.90 Å². The fourth-order valence-corrected chi connectivity index (χ4v) is 3.09. The lowest BCUT2D eigenvalue weighted by Crippen LogP contribution is -2.33. The molecule has 0 aromatic heterocycles. The lowest BCUT2D eigenvalue weighted by atomic mass is 10.3. The van der Waals surface area contributed by atoms with E-state index in [1.807, 2.05) is 42.1 Å². The predicted molar refractivity (Wildman–Crippen MR) is 84.4 cm³/mol. The van der Waals surface area contributed by atoms with Crippen LogP contribution in [0.25, 0.3) is 0 Å². The Balaban J connectivity index is 1.92. The standard InChI is InChI=1S/C16H16N2S/c1-3-8-14(9-4-1)17-16-18(12-7-13-19-16)15-10-5-2-6-11-15/h1-6,8-11H,7,12-13H2. The van der Waals surface area contributed by atoms with Crippen molar-refractivity contribution in [3.63, 3.8) is 0 Å². The van der Waals surface area contributed by atoms with Gasteiger partial charge >= 0.3 is 0 Å². The van der Waals surface area contributed by atoms with E-state index in [-0.39, 0.29) is 0 Å². The molecule has 1 aliphatic rings. The minimum atomic E-state index is 1.02. The Morgan fingerprint density at radius 3 is 2.32 bits per heavy atom. The molecule has 1 saturated heterocycles. The van der Waals surface area contributed by atoms with Crippen LogP contribution < -0.4 is 4.90 Å².